The largest absolute Gasteiger partial charge is 0.412 e. The van der Waals surface area contributed by atoms with Gasteiger partial charge in [0.25, 0.3) is 0 Å². The summed E-state index contributed by atoms with van der Waals surface area (Å²) in [5.74, 6) is 0. The van der Waals surface area contributed by atoms with Crippen LogP contribution in [0.15, 0.2) is 0 Å². The molecule has 4 N–H and O–H groups in total. The maximum Gasteiger partial charge on any atom is 0 e. The van der Waals surface area contributed by atoms with E-state index in [4.69, 9.17) is 0 Å². The van der Waals surface area contributed by atoms with Gasteiger partial charge in [0.15, 0.2) is 0 Å². The number of hydrogen-bond acceptors (Lipinski definition) is 0. The van der Waals surface area contributed by atoms with E-state index in [0.717, 1.165) is 0 Å². The monoisotopic (exact) mass is 233 g/mol. The minimum Gasteiger partial charge on any atom is -0.412 e. The van der Waals surface area contributed by atoms with Gasteiger partial charge in [0, 0.05) is 52.1 Å². The molecule has 0 aromatic rings. The Bertz CT molecular complexity index is 6.00. The smallest absolute Gasteiger partial charge is 0 e. The fourth-order valence-corrected chi connectivity index (χ4v) is 0. The molecule has 0 spiro atoms. The van der Waals surface area contributed by atoms with Gasteiger partial charge in [0.1, 0.15) is 0 Å². The topological polar surface area (TPSA) is 63.0 Å². The van der Waals surface area contributed by atoms with E-state index in [-0.39, 0.29) is 63.0 Å². The van der Waals surface area contributed by atoms with Gasteiger partial charge in [-0.3, -0.25) is 0 Å². The van der Waals surface area contributed by atoms with E-state index in [2.05, 4.69) is 0 Å². The maximum atomic E-state index is 0. The minimum atomic E-state index is 0. The third-order valence-electron chi connectivity index (χ3n) is 0. The molecule has 0 bridgehead atoms. The van der Waals surface area contributed by atoms with Gasteiger partial charge in [-0.1, -0.05) is 0 Å². The molecule has 0 unspecified atom stereocenters. The number of rotatable bonds is 0. The van der Waals surface area contributed by atoms with E-state index >= 15 is 0 Å². The summed E-state index contributed by atoms with van der Waals surface area (Å²) in [6.45, 7) is 0. The Morgan fingerprint density at radius 1 is 0.750 bits per heavy atom. The molecule has 29 valence electrons. The summed E-state index contributed by atoms with van der Waals surface area (Å²) in [4.78, 5) is 0. The van der Waals surface area contributed by atoms with Crippen molar-refractivity contribution in [2.45, 2.75) is 0 Å². The molecular formula is H4LaNiO2. The van der Waals surface area contributed by atoms with Crippen LogP contribution < -0.4 is 0 Å². The zero-order chi connectivity index (χ0) is 0. The van der Waals surface area contributed by atoms with E-state index in [1.807, 2.05) is 0 Å². The van der Waals surface area contributed by atoms with Gasteiger partial charge in [0.05, 0.1) is 0 Å². The van der Waals surface area contributed by atoms with Gasteiger partial charge in [-0.2, -0.15) is 0 Å². The minimum absolute atomic E-state index is 0. The molecule has 0 saturated heterocycles. The summed E-state index contributed by atoms with van der Waals surface area (Å²) in [7, 11) is 0. The Morgan fingerprint density at radius 2 is 0.750 bits per heavy atom. The third-order valence-corrected chi connectivity index (χ3v) is 0. The Balaban J connectivity index is 0. The molecule has 2 nitrogen and oxygen atoms in total. The summed E-state index contributed by atoms with van der Waals surface area (Å²) in [6, 6.07) is 0. The van der Waals surface area contributed by atoms with Crippen molar-refractivity contribution in [1.29, 1.82) is 0 Å². The van der Waals surface area contributed by atoms with Crippen LogP contribution in [0, 0.1) is 35.6 Å². The van der Waals surface area contributed by atoms with E-state index in [0.29, 0.717) is 0 Å². The molecule has 0 aliphatic heterocycles. The summed E-state index contributed by atoms with van der Waals surface area (Å²) < 4.78 is 0. The van der Waals surface area contributed by atoms with Crippen molar-refractivity contribution in [2.24, 2.45) is 0 Å². The van der Waals surface area contributed by atoms with Crippen molar-refractivity contribution in [3.05, 3.63) is 0 Å². The molecule has 0 fully saturated rings. The van der Waals surface area contributed by atoms with Crippen molar-refractivity contribution in [3.63, 3.8) is 0 Å². The molecule has 1 radical (unpaired) electrons. The predicted molar refractivity (Wildman–Crippen MR) is 7.23 cm³/mol. The first-order valence-electron chi connectivity index (χ1n) is 0. The average Bonchev–Trinajstić information content (AvgIpc) is 0. The van der Waals surface area contributed by atoms with Crippen molar-refractivity contribution in [2.75, 3.05) is 0 Å². The summed E-state index contributed by atoms with van der Waals surface area (Å²) in [5.41, 5.74) is 0. The molecule has 0 aliphatic rings. The molecular weight excluding hydrogens is 230 g/mol. The SMILES string of the molecule is O.O.[La].[Ni]. The molecule has 0 atom stereocenters. The Kier molecular flexibility index (Phi) is 267. The molecule has 0 rings (SSSR count). The van der Waals surface area contributed by atoms with Crippen LogP contribution in [0.2, 0.25) is 0 Å². The van der Waals surface area contributed by atoms with Crippen LogP contribution in [-0.4, -0.2) is 11.0 Å². The Morgan fingerprint density at radius 3 is 0.750 bits per heavy atom. The molecule has 0 heterocycles. The van der Waals surface area contributed by atoms with Gasteiger partial charge >= 0.3 is 0 Å². The van der Waals surface area contributed by atoms with Gasteiger partial charge in [0.2, 0.25) is 0 Å². The van der Waals surface area contributed by atoms with Crippen molar-refractivity contribution >= 4 is 0 Å². The van der Waals surface area contributed by atoms with Crippen LogP contribution in [0.5, 0.6) is 0 Å². The van der Waals surface area contributed by atoms with E-state index in [9.17, 15) is 0 Å². The number of hydrogen-bond donors (Lipinski definition) is 0. The van der Waals surface area contributed by atoms with Crippen LogP contribution in [-0.2, 0) is 16.5 Å². The van der Waals surface area contributed by atoms with E-state index in [1.54, 1.807) is 0 Å². The first kappa shape index (κ1) is 46.0. The van der Waals surface area contributed by atoms with Gasteiger partial charge < -0.3 is 11.0 Å². The molecule has 0 saturated carbocycles. The summed E-state index contributed by atoms with van der Waals surface area (Å²) in [6.07, 6.45) is 0. The van der Waals surface area contributed by atoms with E-state index in [1.165, 1.54) is 0 Å². The molecule has 0 aromatic carbocycles. The second kappa shape index (κ2) is 23.2. The van der Waals surface area contributed by atoms with Crippen molar-refractivity contribution < 1.29 is 63.0 Å². The fraction of sp³-hybridized carbons (Fsp3) is 0. The second-order valence-electron chi connectivity index (χ2n) is 0. The maximum absolute atomic E-state index is 0. The van der Waals surface area contributed by atoms with Crippen molar-refractivity contribution in [1.82, 2.24) is 0 Å². The first-order valence-corrected chi connectivity index (χ1v) is 0. The summed E-state index contributed by atoms with van der Waals surface area (Å²) >= 11 is 0. The Labute approximate surface area is 62.5 Å². The average molecular weight is 234 g/mol. The third kappa shape index (κ3) is 9.49. The van der Waals surface area contributed by atoms with Crippen LogP contribution in [0.1, 0.15) is 0 Å². The Hall–Kier alpha value is 1.61. The first-order chi connectivity index (χ1) is 0. The van der Waals surface area contributed by atoms with E-state index < -0.39 is 0 Å². The quantitative estimate of drug-likeness (QED) is 0.450. The van der Waals surface area contributed by atoms with Crippen LogP contribution in [0.4, 0.5) is 0 Å². The fourth-order valence-electron chi connectivity index (χ4n) is 0. The zero-order valence-corrected chi connectivity index (χ0v) is 6.51. The molecule has 4 heavy (non-hydrogen) atoms. The standard InChI is InChI=1S/La.Ni.2H2O/h;;2*1H2. The second-order valence-corrected chi connectivity index (χ2v) is 0. The summed E-state index contributed by atoms with van der Waals surface area (Å²) in [5, 5.41) is 0. The van der Waals surface area contributed by atoms with Gasteiger partial charge in [-0.15, -0.1) is 0 Å². The predicted octanol–water partition coefficient (Wildman–Crippen LogP) is -1.65. The van der Waals surface area contributed by atoms with Crippen LogP contribution in [0.3, 0.4) is 0 Å². The normalized spacial score (nSPS) is 0. The zero-order valence-electron chi connectivity index (χ0n) is 1.89. The molecule has 0 aliphatic carbocycles. The van der Waals surface area contributed by atoms with Crippen LogP contribution in [0.25, 0.3) is 0 Å². The van der Waals surface area contributed by atoms with Gasteiger partial charge in [-0.05, 0) is 0 Å². The van der Waals surface area contributed by atoms with Crippen LogP contribution >= 0.6 is 0 Å². The molecule has 4 heteroatoms. The van der Waals surface area contributed by atoms with Gasteiger partial charge in [-0.25, -0.2) is 0 Å². The molecule has 0 amide bonds. The molecule has 0 aromatic heterocycles. The van der Waals surface area contributed by atoms with Crippen molar-refractivity contribution in [3.8, 4) is 0 Å².